The average Bonchev–Trinajstić information content (AvgIpc) is 2.91. The number of para-hydroxylation sites is 1. The van der Waals surface area contributed by atoms with Crippen molar-refractivity contribution in [3.8, 4) is 0 Å². The molecular formula is C21H15NO3. The van der Waals surface area contributed by atoms with Gasteiger partial charge >= 0.3 is 0 Å². The molecule has 0 radical (unpaired) electrons. The lowest BCUT2D eigenvalue weighted by Crippen LogP contribution is -2.50. The van der Waals surface area contributed by atoms with Crippen molar-refractivity contribution >= 4 is 17.4 Å². The summed E-state index contributed by atoms with van der Waals surface area (Å²) in [7, 11) is 0. The molecule has 0 aliphatic carbocycles. The van der Waals surface area contributed by atoms with Gasteiger partial charge in [-0.05, 0) is 18.2 Å². The highest BCUT2D eigenvalue weighted by Gasteiger charge is 2.54. The van der Waals surface area contributed by atoms with Crippen molar-refractivity contribution in [2.24, 2.45) is 0 Å². The van der Waals surface area contributed by atoms with E-state index in [1.807, 2.05) is 6.07 Å². The van der Waals surface area contributed by atoms with Gasteiger partial charge in [-0.1, -0.05) is 66.7 Å². The summed E-state index contributed by atoms with van der Waals surface area (Å²) in [6, 6.07) is 23.9. The van der Waals surface area contributed by atoms with E-state index in [4.69, 9.17) is 0 Å². The van der Waals surface area contributed by atoms with Crippen LogP contribution in [0.3, 0.4) is 0 Å². The van der Waals surface area contributed by atoms with Crippen LogP contribution in [0, 0.1) is 0 Å². The molecule has 1 aliphatic heterocycles. The van der Waals surface area contributed by atoms with Crippen molar-refractivity contribution < 1.29 is 14.7 Å². The number of nitrogens with zero attached hydrogens (tertiary/aromatic N) is 1. The van der Waals surface area contributed by atoms with E-state index >= 15 is 0 Å². The van der Waals surface area contributed by atoms with E-state index in [9.17, 15) is 14.7 Å². The standard InChI is InChI=1S/C21H15NO3/c23-19(15-9-3-1-4-10-15)21(25)18-14-8-7-13-17(18)20(24)22(21)16-11-5-2-6-12-16/h1-14,25H. The van der Waals surface area contributed by atoms with E-state index in [0.717, 1.165) is 0 Å². The van der Waals surface area contributed by atoms with Crippen LogP contribution in [0.15, 0.2) is 84.9 Å². The van der Waals surface area contributed by atoms with Crippen LogP contribution in [0.4, 0.5) is 5.69 Å². The van der Waals surface area contributed by atoms with E-state index in [2.05, 4.69) is 0 Å². The number of fused-ring (bicyclic) bond motifs is 1. The van der Waals surface area contributed by atoms with E-state index in [1.54, 1.807) is 78.9 Å². The van der Waals surface area contributed by atoms with Crippen LogP contribution in [0.1, 0.15) is 26.3 Å². The Bertz CT molecular complexity index is 953. The first kappa shape index (κ1) is 15.3. The van der Waals surface area contributed by atoms with Crippen LogP contribution in [-0.2, 0) is 5.72 Å². The Morgan fingerprint density at radius 2 is 1.36 bits per heavy atom. The molecule has 4 rings (SSSR count). The molecule has 3 aromatic carbocycles. The number of rotatable bonds is 3. The summed E-state index contributed by atoms with van der Waals surface area (Å²) in [6.45, 7) is 0. The van der Waals surface area contributed by atoms with Crippen molar-refractivity contribution in [1.29, 1.82) is 0 Å². The zero-order valence-corrected chi connectivity index (χ0v) is 13.3. The van der Waals surface area contributed by atoms with Gasteiger partial charge in [0, 0.05) is 22.4 Å². The van der Waals surface area contributed by atoms with Crippen molar-refractivity contribution in [2.45, 2.75) is 5.72 Å². The average molecular weight is 329 g/mol. The quantitative estimate of drug-likeness (QED) is 0.750. The fourth-order valence-electron chi connectivity index (χ4n) is 3.26. The third kappa shape index (κ3) is 2.19. The number of carbonyl (C=O) groups excluding carboxylic acids is 2. The van der Waals surface area contributed by atoms with Crippen LogP contribution in [0.25, 0.3) is 0 Å². The minimum absolute atomic E-state index is 0.303. The lowest BCUT2D eigenvalue weighted by molar-refractivity contribution is 0.0314. The Morgan fingerprint density at radius 3 is 2.04 bits per heavy atom. The van der Waals surface area contributed by atoms with Crippen molar-refractivity contribution in [1.82, 2.24) is 0 Å². The number of carbonyl (C=O) groups is 2. The van der Waals surface area contributed by atoms with Gasteiger partial charge in [-0.2, -0.15) is 0 Å². The first-order valence-electron chi connectivity index (χ1n) is 7.95. The molecule has 1 N–H and O–H groups in total. The number of ketones is 1. The maximum atomic E-state index is 13.2. The Hall–Kier alpha value is -3.24. The molecule has 25 heavy (non-hydrogen) atoms. The first-order chi connectivity index (χ1) is 12.1. The molecule has 0 aromatic heterocycles. The zero-order valence-electron chi connectivity index (χ0n) is 13.3. The number of benzene rings is 3. The van der Waals surface area contributed by atoms with E-state index < -0.39 is 17.4 Å². The normalized spacial score (nSPS) is 18.9. The van der Waals surface area contributed by atoms with Gasteiger partial charge < -0.3 is 5.11 Å². The summed E-state index contributed by atoms with van der Waals surface area (Å²) >= 11 is 0. The van der Waals surface area contributed by atoms with Crippen LogP contribution < -0.4 is 4.90 Å². The smallest absolute Gasteiger partial charge is 0.261 e. The molecule has 0 spiro atoms. The van der Waals surface area contributed by atoms with Crippen LogP contribution in [-0.4, -0.2) is 16.8 Å². The fourth-order valence-corrected chi connectivity index (χ4v) is 3.26. The first-order valence-corrected chi connectivity index (χ1v) is 7.95. The van der Waals surface area contributed by atoms with Gasteiger partial charge in [0.25, 0.3) is 5.91 Å². The van der Waals surface area contributed by atoms with E-state index in [0.29, 0.717) is 22.4 Å². The lowest BCUT2D eigenvalue weighted by atomic mass is 9.92. The van der Waals surface area contributed by atoms with E-state index in [-0.39, 0.29) is 0 Å². The van der Waals surface area contributed by atoms with E-state index in [1.165, 1.54) is 4.90 Å². The maximum absolute atomic E-state index is 13.2. The second-order valence-corrected chi connectivity index (χ2v) is 5.89. The molecule has 0 saturated carbocycles. The molecule has 0 saturated heterocycles. The third-order valence-electron chi connectivity index (χ3n) is 4.43. The Kier molecular flexibility index (Phi) is 3.48. The summed E-state index contributed by atoms with van der Waals surface area (Å²) in [4.78, 5) is 27.4. The number of Topliss-reactive ketones (excluding diaryl/α,β-unsaturated/α-hetero) is 1. The topological polar surface area (TPSA) is 57.6 Å². The number of aliphatic hydroxyl groups is 1. The molecule has 1 atom stereocenters. The Balaban J connectivity index is 1.95. The van der Waals surface area contributed by atoms with Gasteiger partial charge in [-0.3, -0.25) is 14.5 Å². The molecule has 1 unspecified atom stereocenters. The molecule has 4 heteroatoms. The second-order valence-electron chi connectivity index (χ2n) is 5.89. The minimum Gasteiger partial charge on any atom is -0.360 e. The SMILES string of the molecule is O=C1c2ccccc2C(O)(C(=O)c2ccccc2)N1c1ccccc1. The molecule has 1 heterocycles. The van der Waals surface area contributed by atoms with Gasteiger partial charge in [0.05, 0.1) is 0 Å². The van der Waals surface area contributed by atoms with Gasteiger partial charge in [0.2, 0.25) is 11.5 Å². The molecular weight excluding hydrogens is 314 g/mol. The molecule has 0 bridgehead atoms. The minimum atomic E-state index is -2.07. The largest absolute Gasteiger partial charge is 0.360 e. The zero-order chi connectivity index (χ0) is 17.4. The predicted molar refractivity (Wildman–Crippen MR) is 94.4 cm³/mol. The fraction of sp³-hybridized carbons (Fsp3) is 0.0476. The summed E-state index contributed by atoms with van der Waals surface area (Å²) in [5, 5.41) is 11.5. The highest BCUT2D eigenvalue weighted by molar-refractivity contribution is 6.20. The summed E-state index contributed by atoms with van der Waals surface area (Å²) in [5.41, 5.74) is -0.627. The Morgan fingerprint density at radius 1 is 0.800 bits per heavy atom. The summed E-state index contributed by atoms with van der Waals surface area (Å²) in [6.07, 6.45) is 0. The van der Waals surface area contributed by atoms with Gasteiger partial charge in [0.15, 0.2) is 0 Å². The van der Waals surface area contributed by atoms with Crippen molar-refractivity contribution in [2.75, 3.05) is 4.90 Å². The monoisotopic (exact) mass is 329 g/mol. The second kappa shape index (κ2) is 5.69. The van der Waals surface area contributed by atoms with Crippen LogP contribution >= 0.6 is 0 Å². The number of anilines is 1. The maximum Gasteiger partial charge on any atom is 0.261 e. The number of hydrogen-bond donors (Lipinski definition) is 1. The van der Waals surface area contributed by atoms with Gasteiger partial charge in [0.1, 0.15) is 0 Å². The third-order valence-corrected chi connectivity index (χ3v) is 4.43. The number of hydrogen-bond acceptors (Lipinski definition) is 3. The van der Waals surface area contributed by atoms with Crippen molar-refractivity contribution in [3.63, 3.8) is 0 Å². The van der Waals surface area contributed by atoms with Gasteiger partial charge in [-0.25, -0.2) is 0 Å². The summed E-state index contributed by atoms with van der Waals surface area (Å²) < 4.78 is 0. The van der Waals surface area contributed by atoms with Crippen molar-refractivity contribution in [3.05, 3.63) is 102 Å². The molecule has 1 amide bonds. The van der Waals surface area contributed by atoms with Crippen LogP contribution in [0.2, 0.25) is 0 Å². The molecule has 4 nitrogen and oxygen atoms in total. The highest BCUT2D eigenvalue weighted by atomic mass is 16.3. The molecule has 1 aliphatic rings. The Labute approximate surface area is 145 Å². The molecule has 122 valence electrons. The van der Waals surface area contributed by atoms with Gasteiger partial charge in [-0.15, -0.1) is 0 Å². The predicted octanol–water partition coefficient (Wildman–Crippen LogP) is 3.38. The lowest BCUT2D eigenvalue weighted by Gasteiger charge is -2.33. The highest BCUT2D eigenvalue weighted by Crippen LogP contribution is 2.42. The molecule has 3 aromatic rings. The number of amides is 1. The molecule has 0 fully saturated rings. The summed E-state index contributed by atoms with van der Waals surface area (Å²) in [5.74, 6) is -0.927. The van der Waals surface area contributed by atoms with Crippen LogP contribution in [0.5, 0.6) is 0 Å².